The van der Waals surface area contributed by atoms with Gasteiger partial charge in [0.05, 0.1) is 11.1 Å². The predicted molar refractivity (Wildman–Crippen MR) is 234 cm³/mol. The molecule has 0 spiro atoms. The molecule has 2 aliphatic rings. The number of anilines is 1. The number of carbonyl (C=O) groups is 3. The molecule has 0 bridgehead atoms. The highest BCUT2D eigenvalue weighted by molar-refractivity contribution is 6.63. The zero-order valence-corrected chi connectivity index (χ0v) is 35.8. The third-order valence-electron chi connectivity index (χ3n) is 11.5. The van der Waals surface area contributed by atoms with Crippen molar-refractivity contribution in [2.45, 2.75) is 182 Å². The first-order chi connectivity index (χ1) is 27.3. The Bertz CT molecular complexity index is 1470. The van der Waals surface area contributed by atoms with Gasteiger partial charge in [-0.15, -0.1) is 0 Å². The number of carbonyl (C=O) groups excluding carboxylic acids is 3. The van der Waals surface area contributed by atoms with Crippen LogP contribution in [-0.2, 0) is 14.4 Å². The molecule has 0 aliphatic heterocycles. The average Bonchev–Trinajstić information content (AvgIpc) is 3.41. The Kier molecular flexibility index (Phi) is 22.6. The van der Waals surface area contributed by atoms with Crippen molar-refractivity contribution < 1.29 is 24.6 Å². The van der Waals surface area contributed by atoms with E-state index in [0.29, 0.717) is 0 Å². The van der Waals surface area contributed by atoms with Crippen molar-refractivity contribution >= 4 is 28.6 Å². The van der Waals surface area contributed by atoms with E-state index in [2.05, 4.69) is 37.5 Å². The summed E-state index contributed by atoms with van der Waals surface area (Å²) >= 11 is 0. The molecule has 3 rings (SSSR count). The van der Waals surface area contributed by atoms with Gasteiger partial charge >= 0.3 is 0 Å². The second-order valence-corrected chi connectivity index (χ2v) is 16.2. The monoisotopic (exact) mass is 773 g/mol. The van der Waals surface area contributed by atoms with Crippen molar-refractivity contribution in [3.8, 4) is 5.75 Å². The number of Topliss-reactive ketones (excluding diaryl/α,β-unsaturated/α-hetero) is 2. The second-order valence-electron chi connectivity index (χ2n) is 16.2. The van der Waals surface area contributed by atoms with Crippen LogP contribution < -0.4 is 4.90 Å². The van der Waals surface area contributed by atoms with E-state index in [1.54, 1.807) is 24.3 Å². The number of hydrogen-bond acceptors (Lipinski definition) is 7. The lowest BCUT2D eigenvalue weighted by molar-refractivity contribution is -0.130. The van der Waals surface area contributed by atoms with Crippen LogP contribution >= 0.6 is 0 Å². The molecule has 0 aromatic heterocycles. The first-order valence-electron chi connectivity index (χ1n) is 22.8. The van der Waals surface area contributed by atoms with Crippen LogP contribution in [0.2, 0.25) is 0 Å². The fourth-order valence-corrected chi connectivity index (χ4v) is 7.98. The fourth-order valence-electron chi connectivity index (χ4n) is 7.98. The molecular formula is C49H76N2O5. The number of allylic oxidation sites excluding steroid dienone is 6. The van der Waals surface area contributed by atoms with Crippen molar-refractivity contribution in [3.05, 3.63) is 64.6 Å². The van der Waals surface area contributed by atoms with E-state index in [0.717, 1.165) is 88.9 Å². The van der Waals surface area contributed by atoms with Gasteiger partial charge in [0.25, 0.3) is 0 Å². The summed E-state index contributed by atoms with van der Waals surface area (Å²) in [4.78, 5) is 45.2. The van der Waals surface area contributed by atoms with Gasteiger partial charge < -0.3 is 20.0 Å². The molecule has 7 nitrogen and oxygen atoms in total. The largest absolute Gasteiger partial charge is 0.507 e. The summed E-state index contributed by atoms with van der Waals surface area (Å²) in [5.41, 5.74) is 1.26. The first kappa shape index (κ1) is 46.8. The smallest absolute Gasteiger partial charge is 0.238 e. The van der Waals surface area contributed by atoms with E-state index in [-0.39, 0.29) is 28.0 Å². The van der Waals surface area contributed by atoms with E-state index in [1.165, 1.54) is 103 Å². The summed E-state index contributed by atoms with van der Waals surface area (Å²) in [6.45, 7) is 12.4. The van der Waals surface area contributed by atoms with Gasteiger partial charge in [-0.3, -0.25) is 14.4 Å². The molecule has 0 unspecified atom stereocenters. The number of benzene rings is 1. The molecule has 0 saturated carbocycles. The van der Waals surface area contributed by atoms with Gasteiger partial charge in [0.1, 0.15) is 11.5 Å². The van der Waals surface area contributed by atoms with Gasteiger partial charge in [-0.25, -0.2) is 0 Å². The van der Waals surface area contributed by atoms with Crippen molar-refractivity contribution in [1.29, 1.82) is 0 Å². The normalized spacial score (nSPS) is 15.7. The minimum atomic E-state index is -0.922. The number of phenolic OH excluding ortho intramolecular Hbond substituents is 1. The maximum absolute atomic E-state index is 13.7. The van der Waals surface area contributed by atoms with Crippen LogP contribution in [0.3, 0.4) is 0 Å². The Hall–Kier alpha value is -3.61. The molecule has 0 radical (unpaired) electrons. The number of aliphatic hydroxyl groups excluding tert-OH is 1. The van der Waals surface area contributed by atoms with E-state index >= 15 is 0 Å². The molecule has 0 heterocycles. The molecular weight excluding hydrogens is 697 g/mol. The molecule has 312 valence electrons. The zero-order valence-electron chi connectivity index (χ0n) is 35.8. The zero-order chi connectivity index (χ0) is 40.5. The molecule has 0 amide bonds. The molecule has 1 aromatic rings. The maximum atomic E-state index is 13.7. The molecule has 0 saturated heterocycles. The van der Waals surface area contributed by atoms with Gasteiger partial charge in [0.15, 0.2) is 5.78 Å². The van der Waals surface area contributed by atoms with Crippen LogP contribution in [0, 0.1) is 0 Å². The molecule has 56 heavy (non-hydrogen) atoms. The van der Waals surface area contributed by atoms with Crippen molar-refractivity contribution in [1.82, 2.24) is 4.90 Å². The Morgan fingerprint density at radius 2 is 0.893 bits per heavy atom. The fraction of sp³-hybridized carbons (Fsp3) is 0.653. The van der Waals surface area contributed by atoms with Crippen molar-refractivity contribution in [3.63, 3.8) is 0 Å². The summed E-state index contributed by atoms with van der Waals surface area (Å²) in [6.07, 6.45) is 33.6. The molecule has 2 N–H and O–H groups in total. The maximum Gasteiger partial charge on any atom is 0.238 e. The third kappa shape index (κ3) is 15.0. The lowest BCUT2D eigenvalue weighted by atomic mass is 9.96. The van der Waals surface area contributed by atoms with E-state index in [1.807, 2.05) is 12.1 Å². The minimum Gasteiger partial charge on any atom is -0.507 e. The van der Waals surface area contributed by atoms with Crippen molar-refractivity contribution in [2.24, 2.45) is 0 Å². The molecule has 7 heteroatoms. The quantitative estimate of drug-likeness (QED) is 0.0440. The molecule has 1 aromatic carbocycles. The number of phenols is 1. The number of aliphatic hydroxyl groups is 1. The summed E-state index contributed by atoms with van der Waals surface area (Å²) in [6, 6.07) is 5.15. The number of rotatable bonds is 31. The lowest BCUT2D eigenvalue weighted by Gasteiger charge is -2.27. The Morgan fingerprint density at radius 3 is 1.32 bits per heavy atom. The van der Waals surface area contributed by atoms with Crippen LogP contribution in [0.5, 0.6) is 5.75 Å². The standard InChI is InChI=1S/C49H76N2O5/c1-5-9-13-17-21-25-33-50(34-26-22-18-14-10-6-2)39-29-31-41(43(52)37-39)45-47(54)46(49(56)48(45)55)42-32-30-40(38-44(42)53)51(35-27-23-19-15-11-7-3)36-28-24-20-16-12-8-4/h29-32,37-38,52,54H,5-28,33-36H2,1-4H3/b46-42-. The van der Waals surface area contributed by atoms with Crippen LogP contribution in [0.1, 0.15) is 187 Å². The highest BCUT2D eigenvalue weighted by Crippen LogP contribution is 2.39. The van der Waals surface area contributed by atoms with E-state index < -0.39 is 23.1 Å². The topological polar surface area (TPSA) is 98.2 Å². The lowest BCUT2D eigenvalue weighted by Crippen LogP contribution is -2.27. The summed E-state index contributed by atoms with van der Waals surface area (Å²) in [5.74, 6) is -2.94. The van der Waals surface area contributed by atoms with Gasteiger partial charge in [0, 0.05) is 60.8 Å². The van der Waals surface area contributed by atoms with Crippen LogP contribution in [0.15, 0.2) is 59.0 Å². The summed E-state index contributed by atoms with van der Waals surface area (Å²) in [5, 5.41) is 22.8. The van der Waals surface area contributed by atoms with E-state index in [4.69, 9.17) is 0 Å². The first-order valence-corrected chi connectivity index (χ1v) is 22.8. The number of aromatic hydroxyl groups is 1. The number of hydrogen-bond donors (Lipinski definition) is 2. The van der Waals surface area contributed by atoms with Crippen LogP contribution in [0.25, 0.3) is 5.57 Å². The molecule has 0 fully saturated rings. The van der Waals surface area contributed by atoms with Gasteiger partial charge in [-0.2, -0.15) is 0 Å². The molecule has 0 atom stereocenters. The van der Waals surface area contributed by atoms with Crippen LogP contribution in [0.4, 0.5) is 5.69 Å². The highest BCUT2D eigenvalue weighted by Gasteiger charge is 2.41. The Labute approximate surface area is 340 Å². The molecule has 2 aliphatic carbocycles. The number of ketones is 3. The van der Waals surface area contributed by atoms with Crippen molar-refractivity contribution in [2.75, 3.05) is 31.1 Å². The average molecular weight is 773 g/mol. The summed E-state index contributed by atoms with van der Waals surface area (Å²) in [7, 11) is 0. The van der Waals surface area contributed by atoms with Gasteiger partial charge in [-0.1, -0.05) is 156 Å². The predicted octanol–water partition coefficient (Wildman–Crippen LogP) is 12.7. The highest BCUT2D eigenvalue weighted by atomic mass is 16.3. The van der Waals surface area contributed by atoms with Gasteiger partial charge in [0.2, 0.25) is 11.6 Å². The number of unbranched alkanes of at least 4 members (excludes halogenated alkanes) is 20. The SMILES string of the molecule is CCCCCCCCN(CCCCCCCC)C1=CC(=O)/C(=C2\C(=O)C(=O)C(c3ccc(N(CCCCCCCC)CCCCCCCC)cc3O)=C2O)C=C1. The number of nitrogens with zero attached hydrogens (tertiary/aromatic N) is 2. The Balaban J connectivity index is 1.80. The minimum absolute atomic E-state index is 0.0128. The third-order valence-corrected chi connectivity index (χ3v) is 11.5. The van der Waals surface area contributed by atoms with Crippen LogP contribution in [-0.4, -0.2) is 58.6 Å². The van der Waals surface area contributed by atoms with Gasteiger partial charge in [-0.05, 0) is 50.0 Å². The second kappa shape index (κ2) is 27.1. The summed E-state index contributed by atoms with van der Waals surface area (Å²) < 4.78 is 0. The Morgan fingerprint density at radius 1 is 0.482 bits per heavy atom. The van der Waals surface area contributed by atoms with E-state index in [9.17, 15) is 24.6 Å².